The van der Waals surface area contributed by atoms with E-state index in [0.29, 0.717) is 0 Å². The van der Waals surface area contributed by atoms with Crippen molar-refractivity contribution in [1.82, 2.24) is 5.32 Å². The Balaban J connectivity index is 2.47. The van der Waals surface area contributed by atoms with Crippen molar-refractivity contribution in [1.29, 1.82) is 0 Å². The van der Waals surface area contributed by atoms with Crippen molar-refractivity contribution in [3.63, 3.8) is 0 Å². The number of thioether (sulfide) groups is 1. The molecule has 0 amide bonds. The zero-order valence-electron chi connectivity index (χ0n) is 3.98. The van der Waals surface area contributed by atoms with E-state index in [1.165, 1.54) is 0 Å². The van der Waals surface area contributed by atoms with E-state index in [2.05, 4.69) is 11.9 Å². The monoisotopic (exact) mass is 113 g/mol. The van der Waals surface area contributed by atoms with Gasteiger partial charge in [-0.25, -0.2) is 0 Å². The van der Waals surface area contributed by atoms with Gasteiger partial charge in [-0.05, 0) is 5.41 Å². The van der Waals surface area contributed by atoms with Crippen LogP contribution in [0.25, 0.3) is 0 Å². The normalized spacial score (nSPS) is 19.1. The summed E-state index contributed by atoms with van der Waals surface area (Å²) in [5.74, 6) is 1.01. The van der Waals surface area contributed by atoms with Crippen molar-refractivity contribution in [2.24, 2.45) is 0 Å². The average Bonchev–Trinajstić information content (AvgIpc) is 1.69. The molecule has 0 atom stereocenters. The van der Waals surface area contributed by atoms with Gasteiger partial charge < -0.3 is 5.32 Å². The van der Waals surface area contributed by atoms with Gasteiger partial charge in [-0.1, -0.05) is 6.58 Å². The molecule has 1 aliphatic heterocycles. The first-order valence-electron chi connectivity index (χ1n) is 2.10. The zero-order chi connectivity index (χ0) is 5.11. The lowest BCUT2D eigenvalue weighted by Gasteiger charge is -2.06. The van der Waals surface area contributed by atoms with Gasteiger partial charge in [-0.15, -0.1) is 11.8 Å². The molecule has 7 heavy (non-hydrogen) atoms. The van der Waals surface area contributed by atoms with Crippen LogP contribution in [0.1, 0.15) is 0 Å². The molecule has 1 rings (SSSR count). The Kier molecular flexibility index (Phi) is 1.42. The van der Waals surface area contributed by atoms with Crippen LogP contribution in [0.4, 0.5) is 0 Å². The molecule has 2 heteroatoms. The standard InChI is InChI=1S/C5H7NS/c1-5-4-7-3-2-6-5/h2-3,6H,1,4H2. The molecule has 0 unspecified atom stereocenters. The van der Waals surface area contributed by atoms with Crippen LogP contribution in [-0.4, -0.2) is 5.75 Å². The SMILES string of the molecule is C=C1CSC=CN1. The van der Waals surface area contributed by atoms with Crippen LogP contribution in [0.15, 0.2) is 23.9 Å². The third-order valence-electron chi connectivity index (χ3n) is 0.709. The third-order valence-corrected chi connectivity index (χ3v) is 1.55. The molecule has 0 fully saturated rings. The topological polar surface area (TPSA) is 12.0 Å². The summed E-state index contributed by atoms with van der Waals surface area (Å²) in [7, 11) is 0. The van der Waals surface area contributed by atoms with Gasteiger partial charge in [0.15, 0.2) is 0 Å². The number of hydrogen-bond donors (Lipinski definition) is 1. The minimum absolute atomic E-state index is 1.01. The largest absolute Gasteiger partial charge is 0.364 e. The van der Waals surface area contributed by atoms with E-state index < -0.39 is 0 Å². The summed E-state index contributed by atoms with van der Waals surface area (Å²) in [5, 5.41) is 5.01. The van der Waals surface area contributed by atoms with E-state index in [1.54, 1.807) is 11.8 Å². The van der Waals surface area contributed by atoms with Crippen LogP contribution < -0.4 is 5.32 Å². The fourth-order valence-corrected chi connectivity index (χ4v) is 0.935. The van der Waals surface area contributed by atoms with Gasteiger partial charge in [0, 0.05) is 17.6 Å². The van der Waals surface area contributed by atoms with Gasteiger partial charge in [-0.2, -0.15) is 0 Å². The highest BCUT2D eigenvalue weighted by Crippen LogP contribution is 2.09. The second kappa shape index (κ2) is 2.07. The molecule has 0 aliphatic carbocycles. The summed E-state index contributed by atoms with van der Waals surface area (Å²) in [6, 6.07) is 0. The molecule has 0 saturated carbocycles. The van der Waals surface area contributed by atoms with Crippen LogP contribution in [-0.2, 0) is 0 Å². The molecule has 0 aromatic rings. The van der Waals surface area contributed by atoms with Crippen molar-refractivity contribution < 1.29 is 0 Å². The van der Waals surface area contributed by atoms with Gasteiger partial charge in [0.1, 0.15) is 0 Å². The second-order valence-electron chi connectivity index (χ2n) is 1.36. The molecule has 1 nitrogen and oxygen atoms in total. The van der Waals surface area contributed by atoms with Crippen LogP contribution in [0.2, 0.25) is 0 Å². The minimum atomic E-state index is 1.01. The predicted molar refractivity (Wildman–Crippen MR) is 33.9 cm³/mol. The maximum Gasteiger partial charge on any atom is 0.0371 e. The van der Waals surface area contributed by atoms with Crippen LogP contribution in [0, 0.1) is 0 Å². The summed E-state index contributed by atoms with van der Waals surface area (Å²) in [6.07, 6.45) is 1.90. The van der Waals surface area contributed by atoms with E-state index in [0.717, 1.165) is 11.4 Å². The smallest absolute Gasteiger partial charge is 0.0371 e. The summed E-state index contributed by atoms with van der Waals surface area (Å²) in [6.45, 7) is 3.73. The van der Waals surface area contributed by atoms with Crippen molar-refractivity contribution >= 4 is 11.8 Å². The van der Waals surface area contributed by atoms with Gasteiger partial charge in [0.25, 0.3) is 0 Å². The van der Waals surface area contributed by atoms with Crippen molar-refractivity contribution in [2.75, 3.05) is 5.75 Å². The molecule has 1 aliphatic rings. The lowest BCUT2D eigenvalue weighted by molar-refractivity contribution is 1.07. The van der Waals surface area contributed by atoms with Gasteiger partial charge >= 0.3 is 0 Å². The van der Waals surface area contributed by atoms with Gasteiger partial charge in [0.05, 0.1) is 0 Å². The Morgan fingerprint density at radius 3 is 3.00 bits per heavy atom. The molecule has 0 aromatic heterocycles. The Bertz CT molecular complexity index is 107. The van der Waals surface area contributed by atoms with E-state index in [9.17, 15) is 0 Å². The lowest BCUT2D eigenvalue weighted by Crippen LogP contribution is -2.07. The van der Waals surface area contributed by atoms with Crippen molar-refractivity contribution in [3.05, 3.63) is 23.9 Å². The summed E-state index contributed by atoms with van der Waals surface area (Å²) < 4.78 is 0. The molecule has 0 radical (unpaired) electrons. The number of hydrogen-bond acceptors (Lipinski definition) is 2. The quantitative estimate of drug-likeness (QED) is 0.508. The molecule has 0 saturated heterocycles. The summed E-state index contributed by atoms with van der Waals surface area (Å²) in [5.41, 5.74) is 1.09. The first-order chi connectivity index (χ1) is 3.39. The van der Waals surface area contributed by atoms with E-state index in [-0.39, 0.29) is 0 Å². The lowest BCUT2D eigenvalue weighted by atomic mass is 10.6. The molecule has 0 bridgehead atoms. The summed E-state index contributed by atoms with van der Waals surface area (Å²) in [4.78, 5) is 0. The average molecular weight is 113 g/mol. The highest BCUT2D eigenvalue weighted by molar-refractivity contribution is 8.02. The molecule has 1 N–H and O–H groups in total. The Morgan fingerprint density at radius 2 is 2.71 bits per heavy atom. The fourth-order valence-electron chi connectivity index (χ4n) is 0.390. The Morgan fingerprint density at radius 1 is 1.86 bits per heavy atom. The minimum Gasteiger partial charge on any atom is -0.364 e. The highest BCUT2D eigenvalue weighted by Gasteiger charge is 1.92. The molecular formula is C5H7NS. The fraction of sp³-hybridized carbons (Fsp3) is 0.200. The Hall–Kier alpha value is -0.370. The third kappa shape index (κ3) is 1.27. The molecule has 38 valence electrons. The van der Waals surface area contributed by atoms with Crippen LogP contribution >= 0.6 is 11.8 Å². The molecular weight excluding hydrogens is 106 g/mol. The number of nitrogens with one attached hydrogen (secondary N) is 1. The predicted octanol–water partition coefficient (Wildman–Crippen LogP) is 1.31. The van der Waals surface area contributed by atoms with E-state index >= 15 is 0 Å². The first kappa shape index (κ1) is 4.78. The van der Waals surface area contributed by atoms with E-state index in [1.807, 2.05) is 11.6 Å². The first-order valence-corrected chi connectivity index (χ1v) is 3.15. The maximum atomic E-state index is 3.73. The second-order valence-corrected chi connectivity index (χ2v) is 2.26. The van der Waals surface area contributed by atoms with Crippen LogP contribution in [0.3, 0.4) is 0 Å². The molecule has 0 aromatic carbocycles. The van der Waals surface area contributed by atoms with Crippen molar-refractivity contribution in [2.45, 2.75) is 0 Å². The van der Waals surface area contributed by atoms with Gasteiger partial charge in [0.2, 0.25) is 0 Å². The molecule has 0 spiro atoms. The highest BCUT2D eigenvalue weighted by atomic mass is 32.2. The van der Waals surface area contributed by atoms with Gasteiger partial charge in [-0.3, -0.25) is 0 Å². The number of rotatable bonds is 0. The Labute approximate surface area is 47.5 Å². The van der Waals surface area contributed by atoms with Crippen molar-refractivity contribution in [3.8, 4) is 0 Å². The maximum absolute atomic E-state index is 3.73. The zero-order valence-corrected chi connectivity index (χ0v) is 4.79. The van der Waals surface area contributed by atoms with Crippen LogP contribution in [0.5, 0.6) is 0 Å². The van der Waals surface area contributed by atoms with E-state index in [4.69, 9.17) is 0 Å². The molecule has 1 heterocycles. The summed E-state index contributed by atoms with van der Waals surface area (Å²) >= 11 is 1.76.